The number of hydrogen-bond donors (Lipinski definition) is 2. The molecule has 0 spiro atoms. The topological polar surface area (TPSA) is 68.2 Å². The van der Waals surface area contributed by atoms with Gasteiger partial charge in [0.05, 0.1) is 18.2 Å². The zero-order valence-corrected chi connectivity index (χ0v) is 14.4. The standard InChI is InChI=1S/C19H28N4O/c20-15-17-7-9-18(10-8-17)22-16-19(24)21-11-3-1-4-12-23-13-5-2-6-14-23/h7-10,22H,1-6,11-14,16H2,(H,21,24). The Morgan fingerprint density at radius 3 is 2.54 bits per heavy atom. The molecule has 1 heterocycles. The van der Waals surface area contributed by atoms with Gasteiger partial charge in [0.25, 0.3) is 0 Å². The number of rotatable bonds is 9. The molecular formula is C19H28N4O. The second kappa shape index (κ2) is 10.7. The number of carbonyl (C=O) groups excluding carboxylic acids is 1. The van der Waals surface area contributed by atoms with Crippen LogP contribution in [-0.4, -0.2) is 43.5 Å². The molecule has 0 bridgehead atoms. The van der Waals surface area contributed by atoms with Gasteiger partial charge in [-0.25, -0.2) is 0 Å². The Balaban J connectivity index is 1.48. The molecule has 1 aromatic carbocycles. The first-order valence-corrected chi connectivity index (χ1v) is 9.01. The highest BCUT2D eigenvalue weighted by atomic mass is 16.1. The van der Waals surface area contributed by atoms with Gasteiger partial charge in [0.15, 0.2) is 0 Å². The van der Waals surface area contributed by atoms with Crippen molar-refractivity contribution in [1.82, 2.24) is 10.2 Å². The van der Waals surface area contributed by atoms with Crippen molar-refractivity contribution in [2.75, 3.05) is 38.0 Å². The van der Waals surface area contributed by atoms with E-state index in [4.69, 9.17) is 5.26 Å². The molecule has 1 fully saturated rings. The van der Waals surface area contributed by atoms with Gasteiger partial charge in [-0.15, -0.1) is 0 Å². The summed E-state index contributed by atoms with van der Waals surface area (Å²) < 4.78 is 0. The monoisotopic (exact) mass is 328 g/mol. The Bertz CT molecular complexity index is 529. The fourth-order valence-electron chi connectivity index (χ4n) is 2.96. The number of hydrogen-bond acceptors (Lipinski definition) is 4. The first-order chi connectivity index (χ1) is 11.8. The van der Waals surface area contributed by atoms with Crippen LogP contribution in [0.25, 0.3) is 0 Å². The van der Waals surface area contributed by atoms with E-state index in [0.29, 0.717) is 5.56 Å². The summed E-state index contributed by atoms with van der Waals surface area (Å²) in [5.41, 5.74) is 1.47. The molecule has 130 valence electrons. The maximum Gasteiger partial charge on any atom is 0.239 e. The van der Waals surface area contributed by atoms with Gasteiger partial charge in [-0.1, -0.05) is 12.8 Å². The van der Waals surface area contributed by atoms with Gasteiger partial charge < -0.3 is 15.5 Å². The van der Waals surface area contributed by atoms with E-state index in [0.717, 1.165) is 18.7 Å². The van der Waals surface area contributed by atoms with Crippen molar-refractivity contribution in [2.24, 2.45) is 0 Å². The van der Waals surface area contributed by atoms with Crippen molar-refractivity contribution in [2.45, 2.75) is 38.5 Å². The molecule has 0 unspecified atom stereocenters. The molecule has 0 saturated carbocycles. The molecule has 0 aliphatic carbocycles. The summed E-state index contributed by atoms with van der Waals surface area (Å²) in [5.74, 6) is 0.00962. The molecule has 0 atom stereocenters. The summed E-state index contributed by atoms with van der Waals surface area (Å²) in [6.07, 6.45) is 7.51. The van der Waals surface area contributed by atoms with Crippen molar-refractivity contribution < 1.29 is 4.79 Å². The van der Waals surface area contributed by atoms with Crippen LogP contribution in [0, 0.1) is 11.3 Å². The number of likely N-dealkylation sites (tertiary alicyclic amines) is 1. The average Bonchev–Trinajstić information content (AvgIpc) is 2.64. The van der Waals surface area contributed by atoms with Crippen molar-refractivity contribution in [1.29, 1.82) is 5.26 Å². The Morgan fingerprint density at radius 2 is 1.83 bits per heavy atom. The fraction of sp³-hybridized carbons (Fsp3) is 0.579. The molecular weight excluding hydrogens is 300 g/mol. The molecule has 5 nitrogen and oxygen atoms in total. The molecule has 1 amide bonds. The second-order valence-corrected chi connectivity index (χ2v) is 6.36. The lowest BCUT2D eigenvalue weighted by atomic mass is 10.1. The number of benzene rings is 1. The van der Waals surface area contributed by atoms with Gasteiger partial charge in [0.2, 0.25) is 5.91 Å². The summed E-state index contributed by atoms with van der Waals surface area (Å²) in [4.78, 5) is 14.3. The average molecular weight is 328 g/mol. The Kier molecular flexibility index (Phi) is 8.12. The number of nitrogens with zero attached hydrogens (tertiary/aromatic N) is 2. The molecule has 0 aromatic heterocycles. The van der Waals surface area contributed by atoms with E-state index >= 15 is 0 Å². The van der Waals surface area contributed by atoms with E-state index in [2.05, 4.69) is 21.6 Å². The molecule has 1 aromatic rings. The van der Waals surface area contributed by atoms with Crippen molar-refractivity contribution in [3.63, 3.8) is 0 Å². The van der Waals surface area contributed by atoms with Crippen LogP contribution in [0.3, 0.4) is 0 Å². The zero-order chi connectivity index (χ0) is 17.0. The minimum Gasteiger partial charge on any atom is -0.376 e. The van der Waals surface area contributed by atoms with Gasteiger partial charge in [0.1, 0.15) is 0 Å². The molecule has 2 rings (SSSR count). The third kappa shape index (κ3) is 7.01. The number of unbranched alkanes of at least 4 members (excludes halogenated alkanes) is 2. The molecule has 1 saturated heterocycles. The van der Waals surface area contributed by atoms with Crippen LogP contribution in [0.5, 0.6) is 0 Å². The predicted octanol–water partition coefficient (Wildman–Crippen LogP) is 2.74. The van der Waals surface area contributed by atoms with Gasteiger partial charge in [0, 0.05) is 12.2 Å². The highest BCUT2D eigenvalue weighted by molar-refractivity contribution is 5.80. The Labute approximate surface area is 145 Å². The largest absolute Gasteiger partial charge is 0.376 e. The van der Waals surface area contributed by atoms with Crippen molar-refractivity contribution >= 4 is 11.6 Å². The Hall–Kier alpha value is -2.06. The van der Waals surface area contributed by atoms with Crippen molar-refractivity contribution in [3.05, 3.63) is 29.8 Å². The summed E-state index contributed by atoms with van der Waals surface area (Å²) in [5, 5.41) is 14.8. The minimum atomic E-state index is 0.00962. The fourth-order valence-corrected chi connectivity index (χ4v) is 2.96. The van der Waals surface area contributed by atoms with E-state index in [9.17, 15) is 4.79 Å². The number of nitriles is 1. The smallest absolute Gasteiger partial charge is 0.239 e. The third-order valence-corrected chi connectivity index (χ3v) is 4.39. The van der Waals surface area contributed by atoms with Crippen LogP contribution < -0.4 is 10.6 Å². The number of anilines is 1. The molecule has 5 heteroatoms. The minimum absolute atomic E-state index is 0.00962. The van der Waals surface area contributed by atoms with Crippen LogP contribution in [0.1, 0.15) is 44.1 Å². The van der Waals surface area contributed by atoms with E-state index < -0.39 is 0 Å². The quantitative estimate of drug-likeness (QED) is 0.684. The number of carbonyl (C=O) groups is 1. The zero-order valence-electron chi connectivity index (χ0n) is 14.4. The first kappa shape index (κ1) is 18.3. The van der Waals surface area contributed by atoms with Gasteiger partial charge >= 0.3 is 0 Å². The lowest BCUT2D eigenvalue weighted by Gasteiger charge is -2.26. The normalized spacial score (nSPS) is 14.8. The summed E-state index contributed by atoms with van der Waals surface area (Å²) in [6.45, 7) is 4.73. The summed E-state index contributed by atoms with van der Waals surface area (Å²) in [6, 6.07) is 9.18. The van der Waals surface area contributed by atoms with Crippen LogP contribution in [-0.2, 0) is 4.79 Å². The van der Waals surface area contributed by atoms with Crippen LogP contribution >= 0.6 is 0 Å². The Morgan fingerprint density at radius 1 is 1.08 bits per heavy atom. The highest BCUT2D eigenvalue weighted by Gasteiger charge is 2.08. The molecule has 1 aliphatic heterocycles. The number of piperidine rings is 1. The van der Waals surface area contributed by atoms with Crippen LogP contribution in [0.4, 0.5) is 5.69 Å². The SMILES string of the molecule is N#Cc1ccc(NCC(=O)NCCCCCN2CCCCC2)cc1. The summed E-state index contributed by atoms with van der Waals surface area (Å²) >= 11 is 0. The maximum absolute atomic E-state index is 11.8. The van der Waals surface area contributed by atoms with E-state index in [1.165, 1.54) is 51.7 Å². The molecule has 2 N–H and O–H groups in total. The lowest BCUT2D eigenvalue weighted by molar-refractivity contribution is -0.119. The second-order valence-electron chi connectivity index (χ2n) is 6.36. The predicted molar refractivity (Wildman–Crippen MR) is 96.8 cm³/mol. The molecule has 1 aliphatic rings. The third-order valence-electron chi connectivity index (χ3n) is 4.39. The lowest BCUT2D eigenvalue weighted by Crippen LogP contribution is -2.31. The highest BCUT2D eigenvalue weighted by Crippen LogP contribution is 2.10. The van der Waals surface area contributed by atoms with Crippen molar-refractivity contribution in [3.8, 4) is 6.07 Å². The van der Waals surface area contributed by atoms with Gasteiger partial charge in [-0.3, -0.25) is 4.79 Å². The van der Waals surface area contributed by atoms with E-state index in [1.54, 1.807) is 12.1 Å². The number of nitrogens with one attached hydrogen (secondary N) is 2. The van der Waals surface area contributed by atoms with E-state index in [1.807, 2.05) is 12.1 Å². The van der Waals surface area contributed by atoms with E-state index in [-0.39, 0.29) is 12.5 Å². The van der Waals surface area contributed by atoms with Gasteiger partial charge in [-0.05, 0) is 69.6 Å². The maximum atomic E-state index is 11.8. The molecule has 24 heavy (non-hydrogen) atoms. The molecule has 0 radical (unpaired) electrons. The van der Waals surface area contributed by atoms with Crippen LogP contribution in [0.2, 0.25) is 0 Å². The summed E-state index contributed by atoms with van der Waals surface area (Å²) in [7, 11) is 0. The van der Waals surface area contributed by atoms with Crippen LogP contribution in [0.15, 0.2) is 24.3 Å². The first-order valence-electron chi connectivity index (χ1n) is 9.01. The number of amides is 1. The van der Waals surface area contributed by atoms with Gasteiger partial charge in [-0.2, -0.15) is 5.26 Å².